The molecule has 2 fully saturated rings. The van der Waals surface area contributed by atoms with E-state index in [9.17, 15) is 14.0 Å². The first-order valence-corrected chi connectivity index (χ1v) is 12.4. The number of likely N-dealkylation sites (tertiary alicyclic amines) is 2. The zero-order valence-electron chi connectivity index (χ0n) is 19.1. The van der Waals surface area contributed by atoms with E-state index in [1.54, 1.807) is 12.1 Å². The van der Waals surface area contributed by atoms with Crippen LogP contribution in [0.3, 0.4) is 0 Å². The second-order valence-corrected chi connectivity index (χ2v) is 10.1. The Morgan fingerprint density at radius 1 is 1.00 bits per heavy atom. The molecule has 178 valence electrons. The summed E-state index contributed by atoms with van der Waals surface area (Å²) >= 11 is 6.08. The van der Waals surface area contributed by atoms with Crippen molar-refractivity contribution < 1.29 is 14.0 Å². The first-order chi connectivity index (χ1) is 16.5. The van der Waals surface area contributed by atoms with Gasteiger partial charge in [0.15, 0.2) is 5.78 Å². The number of aromatic nitrogens is 1. The standard InChI is InChI=1S/C27H29ClFN3O2/c28-22-6-3-21-14-25(30-24(21)15-22)27(34)32-11-1-2-18(17-32)16-31-12-9-20(10-13-31)26(33)19-4-7-23(29)8-5-19/h3-8,14-15,18,20,30H,1-2,9-13,16-17H2/t18-/m1/s1. The Bertz CT molecular complexity index is 1180. The summed E-state index contributed by atoms with van der Waals surface area (Å²) in [6.07, 6.45) is 3.76. The summed E-state index contributed by atoms with van der Waals surface area (Å²) in [6.45, 7) is 4.24. The Hall–Kier alpha value is -2.70. The van der Waals surface area contributed by atoms with Gasteiger partial charge >= 0.3 is 0 Å². The third-order valence-electron chi connectivity index (χ3n) is 7.22. The zero-order chi connectivity index (χ0) is 23.7. The van der Waals surface area contributed by atoms with E-state index in [-0.39, 0.29) is 23.4 Å². The molecule has 0 aliphatic carbocycles. The number of carbonyl (C=O) groups excluding carboxylic acids is 2. The van der Waals surface area contributed by atoms with Gasteiger partial charge in [-0.1, -0.05) is 17.7 Å². The number of benzene rings is 2. The van der Waals surface area contributed by atoms with Crippen LogP contribution in [0.15, 0.2) is 48.5 Å². The van der Waals surface area contributed by atoms with Crippen LogP contribution in [0.25, 0.3) is 10.9 Å². The molecular weight excluding hydrogens is 453 g/mol. The third-order valence-corrected chi connectivity index (χ3v) is 7.46. The first-order valence-electron chi connectivity index (χ1n) is 12.1. The van der Waals surface area contributed by atoms with Gasteiger partial charge < -0.3 is 14.8 Å². The molecule has 2 saturated heterocycles. The van der Waals surface area contributed by atoms with E-state index >= 15 is 0 Å². The molecule has 2 aliphatic rings. The highest BCUT2D eigenvalue weighted by atomic mass is 35.5. The molecule has 1 N–H and O–H groups in total. The predicted octanol–water partition coefficient (Wildman–Crippen LogP) is 5.41. The molecule has 5 nitrogen and oxygen atoms in total. The van der Waals surface area contributed by atoms with Crippen molar-refractivity contribution in [3.05, 3.63) is 70.6 Å². The van der Waals surface area contributed by atoms with Crippen LogP contribution in [0.5, 0.6) is 0 Å². The highest BCUT2D eigenvalue weighted by molar-refractivity contribution is 6.31. The molecule has 1 atom stereocenters. The van der Waals surface area contributed by atoms with Crippen LogP contribution in [-0.4, -0.2) is 59.2 Å². The van der Waals surface area contributed by atoms with Crippen LogP contribution in [0.1, 0.15) is 46.5 Å². The Kier molecular flexibility index (Phi) is 6.70. The number of amides is 1. The minimum Gasteiger partial charge on any atom is -0.350 e. The Labute approximate surface area is 203 Å². The van der Waals surface area contributed by atoms with E-state index in [1.807, 2.05) is 29.2 Å². The number of aromatic amines is 1. The lowest BCUT2D eigenvalue weighted by molar-refractivity contribution is 0.0602. The van der Waals surface area contributed by atoms with E-state index < -0.39 is 0 Å². The van der Waals surface area contributed by atoms with Gasteiger partial charge in [-0.3, -0.25) is 9.59 Å². The van der Waals surface area contributed by atoms with Crippen LogP contribution >= 0.6 is 11.6 Å². The van der Waals surface area contributed by atoms with Gasteiger partial charge in [-0.05, 0) is 87.2 Å². The number of Topliss-reactive ketones (excluding diaryl/α,β-unsaturated/α-hetero) is 1. The number of piperidine rings is 2. The number of carbonyl (C=O) groups is 2. The second kappa shape index (κ2) is 9.88. The van der Waals surface area contributed by atoms with Crippen molar-refractivity contribution in [3.63, 3.8) is 0 Å². The summed E-state index contributed by atoms with van der Waals surface area (Å²) in [6, 6.07) is 13.4. The number of rotatable bonds is 5. The monoisotopic (exact) mass is 481 g/mol. The van der Waals surface area contributed by atoms with Gasteiger partial charge in [-0.2, -0.15) is 0 Å². The first kappa shape index (κ1) is 23.1. The predicted molar refractivity (Wildman–Crippen MR) is 132 cm³/mol. The molecule has 2 aliphatic heterocycles. The fourth-order valence-corrected chi connectivity index (χ4v) is 5.55. The van der Waals surface area contributed by atoms with Crippen LogP contribution in [0, 0.1) is 17.7 Å². The van der Waals surface area contributed by atoms with Gasteiger partial charge in [-0.15, -0.1) is 0 Å². The van der Waals surface area contributed by atoms with Gasteiger partial charge in [0.05, 0.1) is 0 Å². The maximum atomic E-state index is 13.2. The minimum atomic E-state index is -0.319. The molecule has 0 bridgehead atoms. The Morgan fingerprint density at radius 2 is 1.76 bits per heavy atom. The van der Waals surface area contributed by atoms with Crippen molar-refractivity contribution in [3.8, 4) is 0 Å². The maximum Gasteiger partial charge on any atom is 0.270 e. The molecule has 3 aromatic rings. The molecule has 5 rings (SSSR count). The molecule has 7 heteroatoms. The summed E-state index contributed by atoms with van der Waals surface area (Å²) in [5.74, 6) is 0.275. The van der Waals surface area contributed by atoms with Gasteiger partial charge in [0.25, 0.3) is 5.91 Å². The molecule has 34 heavy (non-hydrogen) atoms. The molecule has 0 radical (unpaired) electrons. The molecule has 2 aromatic carbocycles. The molecule has 0 saturated carbocycles. The molecule has 1 aromatic heterocycles. The van der Waals surface area contributed by atoms with Crippen LogP contribution in [0.4, 0.5) is 4.39 Å². The lowest BCUT2D eigenvalue weighted by atomic mass is 9.88. The van der Waals surface area contributed by atoms with Crippen molar-refractivity contribution in [1.29, 1.82) is 0 Å². The van der Waals surface area contributed by atoms with Crippen LogP contribution < -0.4 is 0 Å². The number of fused-ring (bicyclic) bond motifs is 1. The summed E-state index contributed by atoms with van der Waals surface area (Å²) in [5, 5.41) is 1.63. The fourth-order valence-electron chi connectivity index (χ4n) is 5.38. The van der Waals surface area contributed by atoms with Crippen molar-refractivity contribution in [2.75, 3.05) is 32.7 Å². The van der Waals surface area contributed by atoms with Gasteiger partial charge in [-0.25, -0.2) is 4.39 Å². The van der Waals surface area contributed by atoms with Crippen molar-refractivity contribution in [1.82, 2.24) is 14.8 Å². The number of halogens is 2. The lowest BCUT2D eigenvalue weighted by Crippen LogP contribution is -2.45. The van der Waals surface area contributed by atoms with Gasteiger partial charge in [0.1, 0.15) is 11.5 Å². The third kappa shape index (κ3) is 5.03. The second-order valence-electron chi connectivity index (χ2n) is 9.62. The number of H-pyrrole nitrogens is 1. The summed E-state index contributed by atoms with van der Waals surface area (Å²) in [4.78, 5) is 33.5. The average Bonchev–Trinajstić information content (AvgIpc) is 3.27. The molecule has 3 heterocycles. The van der Waals surface area contributed by atoms with Crippen LogP contribution in [0.2, 0.25) is 5.02 Å². The largest absolute Gasteiger partial charge is 0.350 e. The number of hydrogen-bond acceptors (Lipinski definition) is 3. The Morgan fingerprint density at radius 3 is 2.53 bits per heavy atom. The van der Waals surface area contributed by atoms with Crippen molar-refractivity contribution in [2.24, 2.45) is 11.8 Å². The average molecular weight is 482 g/mol. The highest BCUT2D eigenvalue weighted by Crippen LogP contribution is 2.26. The zero-order valence-corrected chi connectivity index (χ0v) is 19.9. The quantitative estimate of drug-likeness (QED) is 0.496. The normalized spacial score (nSPS) is 20.1. The summed E-state index contributed by atoms with van der Waals surface area (Å²) < 4.78 is 13.2. The topological polar surface area (TPSA) is 56.4 Å². The minimum absolute atomic E-state index is 0.00153. The van der Waals surface area contributed by atoms with E-state index in [1.165, 1.54) is 12.1 Å². The number of hydrogen-bond donors (Lipinski definition) is 1. The van der Waals surface area contributed by atoms with E-state index in [0.717, 1.165) is 69.3 Å². The lowest BCUT2D eigenvalue weighted by Gasteiger charge is -2.38. The molecular formula is C27H29ClFN3O2. The Balaban J connectivity index is 1.14. The SMILES string of the molecule is O=C(c1ccc(F)cc1)C1CCN(C[C@H]2CCCN(C(=O)c3cc4ccc(Cl)cc4[nH]3)C2)CC1. The number of nitrogens with one attached hydrogen (secondary N) is 1. The summed E-state index contributed by atoms with van der Waals surface area (Å²) in [7, 11) is 0. The van der Waals surface area contributed by atoms with E-state index in [4.69, 9.17) is 11.6 Å². The van der Waals surface area contributed by atoms with Crippen LogP contribution in [-0.2, 0) is 0 Å². The van der Waals surface area contributed by atoms with Crippen molar-refractivity contribution in [2.45, 2.75) is 25.7 Å². The van der Waals surface area contributed by atoms with E-state index in [0.29, 0.717) is 22.2 Å². The number of nitrogens with zero attached hydrogens (tertiary/aromatic N) is 2. The van der Waals surface area contributed by atoms with Gasteiger partial charge in [0.2, 0.25) is 0 Å². The molecule has 0 unspecified atom stereocenters. The maximum absolute atomic E-state index is 13.2. The highest BCUT2D eigenvalue weighted by Gasteiger charge is 2.30. The number of ketones is 1. The fraction of sp³-hybridized carbons (Fsp3) is 0.407. The molecule has 0 spiro atoms. The van der Waals surface area contributed by atoms with Crippen molar-refractivity contribution >= 4 is 34.2 Å². The smallest absolute Gasteiger partial charge is 0.270 e. The molecule has 1 amide bonds. The van der Waals surface area contributed by atoms with E-state index in [2.05, 4.69) is 9.88 Å². The summed E-state index contributed by atoms with van der Waals surface area (Å²) in [5.41, 5.74) is 2.08. The van der Waals surface area contributed by atoms with Gasteiger partial charge in [0, 0.05) is 47.0 Å².